The fourth-order valence-corrected chi connectivity index (χ4v) is 4.23. The van der Waals surface area contributed by atoms with E-state index in [1.807, 2.05) is 18.7 Å². The Hall–Kier alpha value is -1.57. The molecule has 0 radical (unpaired) electrons. The lowest BCUT2D eigenvalue weighted by Crippen LogP contribution is -2.33. The summed E-state index contributed by atoms with van der Waals surface area (Å²) in [4.78, 5) is 4.16. The number of hydrogen-bond acceptors (Lipinski definition) is 1. The van der Waals surface area contributed by atoms with Crippen LogP contribution in [-0.4, -0.2) is 9.55 Å². The van der Waals surface area contributed by atoms with Crippen molar-refractivity contribution in [2.24, 2.45) is 17.3 Å². The molecule has 1 heterocycles. The number of rotatable bonds is 2. The second kappa shape index (κ2) is 5.57. The Morgan fingerprint density at radius 1 is 1.23 bits per heavy atom. The van der Waals surface area contributed by atoms with Gasteiger partial charge >= 0.3 is 0 Å². The van der Waals surface area contributed by atoms with E-state index in [1.54, 1.807) is 5.56 Å². The van der Waals surface area contributed by atoms with Gasteiger partial charge in [-0.25, -0.2) is 4.98 Å². The molecule has 0 fully saturated rings. The molecule has 2 unspecified atom stereocenters. The molecule has 2 atom stereocenters. The number of hydrogen-bond donors (Lipinski definition) is 0. The molecule has 118 valence electrons. The van der Waals surface area contributed by atoms with Crippen LogP contribution in [0, 0.1) is 17.3 Å². The van der Waals surface area contributed by atoms with Crippen LogP contribution >= 0.6 is 0 Å². The molecule has 1 aromatic carbocycles. The summed E-state index contributed by atoms with van der Waals surface area (Å²) in [6, 6.07) is 6.99. The average molecular weight is 296 g/mol. The van der Waals surface area contributed by atoms with Crippen molar-refractivity contribution in [3.05, 3.63) is 48.0 Å². The van der Waals surface area contributed by atoms with Gasteiger partial charge in [0.2, 0.25) is 0 Å². The zero-order valence-corrected chi connectivity index (χ0v) is 14.5. The largest absolute Gasteiger partial charge is 0.306 e. The lowest BCUT2D eigenvalue weighted by Gasteiger charge is -2.44. The van der Waals surface area contributed by atoms with Crippen molar-refractivity contribution in [3.8, 4) is 5.69 Å². The van der Waals surface area contributed by atoms with Crippen LogP contribution in [0.2, 0.25) is 0 Å². The van der Waals surface area contributed by atoms with Gasteiger partial charge in [-0.05, 0) is 59.3 Å². The van der Waals surface area contributed by atoms with E-state index in [1.165, 1.54) is 24.1 Å². The quantitative estimate of drug-likeness (QED) is 0.743. The molecule has 1 aliphatic carbocycles. The van der Waals surface area contributed by atoms with Crippen LogP contribution in [-0.2, 0) is 6.42 Å². The maximum Gasteiger partial charge on any atom is 0.0991 e. The van der Waals surface area contributed by atoms with Crippen LogP contribution < -0.4 is 0 Å². The highest BCUT2D eigenvalue weighted by atomic mass is 15.0. The topological polar surface area (TPSA) is 17.8 Å². The highest BCUT2D eigenvalue weighted by molar-refractivity contribution is 5.44. The van der Waals surface area contributed by atoms with E-state index in [0.717, 1.165) is 11.8 Å². The Bertz CT molecular complexity index is 632. The third-order valence-corrected chi connectivity index (χ3v) is 5.23. The van der Waals surface area contributed by atoms with E-state index in [2.05, 4.69) is 62.4 Å². The van der Waals surface area contributed by atoms with Crippen molar-refractivity contribution in [1.29, 1.82) is 0 Å². The van der Waals surface area contributed by atoms with Crippen molar-refractivity contribution in [2.45, 2.75) is 53.4 Å². The van der Waals surface area contributed by atoms with Crippen LogP contribution in [0.3, 0.4) is 0 Å². The zero-order valence-electron chi connectivity index (χ0n) is 14.5. The summed E-state index contributed by atoms with van der Waals surface area (Å²) in [6.07, 6.45) is 8.24. The molecule has 0 N–H and O–H groups in total. The summed E-state index contributed by atoms with van der Waals surface area (Å²) >= 11 is 0. The van der Waals surface area contributed by atoms with E-state index < -0.39 is 0 Å². The average Bonchev–Trinajstić information content (AvgIpc) is 2.98. The first-order valence-corrected chi connectivity index (χ1v) is 8.49. The Morgan fingerprint density at radius 2 is 2.00 bits per heavy atom. The molecule has 3 rings (SSSR count). The smallest absolute Gasteiger partial charge is 0.0991 e. The van der Waals surface area contributed by atoms with Gasteiger partial charge in [0.1, 0.15) is 0 Å². The Morgan fingerprint density at radius 3 is 2.59 bits per heavy atom. The predicted octanol–water partition coefficient (Wildman–Crippen LogP) is 5.22. The molecule has 1 aliphatic rings. The van der Waals surface area contributed by atoms with Gasteiger partial charge in [0.25, 0.3) is 0 Å². The maximum absolute atomic E-state index is 4.16. The van der Waals surface area contributed by atoms with Crippen LogP contribution in [0.1, 0.15) is 58.1 Å². The number of imidazole rings is 1. The van der Waals surface area contributed by atoms with Crippen LogP contribution in [0.5, 0.6) is 0 Å². The van der Waals surface area contributed by atoms with E-state index in [0.29, 0.717) is 11.3 Å². The van der Waals surface area contributed by atoms with Crippen molar-refractivity contribution >= 4 is 0 Å². The van der Waals surface area contributed by atoms with Crippen LogP contribution in [0.4, 0.5) is 0 Å². The first-order chi connectivity index (χ1) is 10.4. The third-order valence-electron chi connectivity index (χ3n) is 5.23. The van der Waals surface area contributed by atoms with Gasteiger partial charge in [-0.2, -0.15) is 0 Å². The SMILES string of the molecule is CC(C)C1CCc2cc(-n3ccnc3)ccc2C1C(C)(C)C. The Labute approximate surface area is 134 Å². The molecule has 2 nitrogen and oxygen atoms in total. The monoisotopic (exact) mass is 296 g/mol. The number of aryl methyl sites for hydroxylation is 1. The summed E-state index contributed by atoms with van der Waals surface area (Å²) in [5.74, 6) is 2.17. The summed E-state index contributed by atoms with van der Waals surface area (Å²) in [5, 5.41) is 0. The summed E-state index contributed by atoms with van der Waals surface area (Å²) < 4.78 is 2.10. The minimum absolute atomic E-state index is 0.306. The molecule has 0 saturated carbocycles. The van der Waals surface area contributed by atoms with Gasteiger partial charge in [0, 0.05) is 18.1 Å². The van der Waals surface area contributed by atoms with E-state index >= 15 is 0 Å². The van der Waals surface area contributed by atoms with Gasteiger partial charge < -0.3 is 4.57 Å². The molecule has 2 heteroatoms. The van der Waals surface area contributed by atoms with E-state index in [-0.39, 0.29) is 0 Å². The molecule has 2 aromatic rings. The molecular formula is C20H28N2. The molecule has 0 aliphatic heterocycles. The zero-order chi connectivity index (χ0) is 15.9. The molecule has 1 aromatic heterocycles. The van der Waals surface area contributed by atoms with Gasteiger partial charge in [0.15, 0.2) is 0 Å². The van der Waals surface area contributed by atoms with Crippen molar-refractivity contribution in [2.75, 3.05) is 0 Å². The van der Waals surface area contributed by atoms with Gasteiger partial charge in [-0.3, -0.25) is 0 Å². The second-order valence-electron chi connectivity index (χ2n) is 8.14. The number of benzene rings is 1. The first kappa shape index (κ1) is 15.3. The Kier molecular flexibility index (Phi) is 3.88. The molecule has 0 saturated heterocycles. The lowest BCUT2D eigenvalue weighted by atomic mass is 9.61. The summed E-state index contributed by atoms with van der Waals surface area (Å²) in [7, 11) is 0. The van der Waals surface area contributed by atoms with Crippen molar-refractivity contribution in [1.82, 2.24) is 9.55 Å². The summed E-state index contributed by atoms with van der Waals surface area (Å²) in [5.41, 5.74) is 4.64. The predicted molar refractivity (Wildman–Crippen MR) is 92.4 cm³/mol. The highest BCUT2D eigenvalue weighted by Gasteiger charge is 2.38. The highest BCUT2D eigenvalue weighted by Crippen LogP contribution is 2.49. The molecule has 0 bridgehead atoms. The standard InChI is InChI=1S/C20H28N2/c1-14(2)17-8-6-15-12-16(22-11-10-21-13-22)7-9-18(15)19(17)20(3,4)5/h7,9-14,17,19H,6,8H2,1-5H3. The fraction of sp³-hybridized carbons (Fsp3) is 0.550. The minimum Gasteiger partial charge on any atom is -0.306 e. The first-order valence-electron chi connectivity index (χ1n) is 8.49. The van der Waals surface area contributed by atoms with E-state index in [9.17, 15) is 0 Å². The van der Waals surface area contributed by atoms with Gasteiger partial charge in [0.05, 0.1) is 6.33 Å². The fourth-order valence-electron chi connectivity index (χ4n) is 4.23. The maximum atomic E-state index is 4.16. The molecule has 0 spiro atoms. The number of aromatic nitrogens is 2. The normalized spacial score (nSPS) is 21.9. The third kappa shape index (κ3) is 2.71. The van der Waals surface area contributed by atoms with Gasteiger partial charge in [-0.15, -0.1) is 0 Å². The minimum atomic E-state index is 0.306. The molecule has 22 heavy (non-hydrogen) atoms. The van der Waals surface area contributed by atoms with Gasteiger partial charge in [-0.1, -0.05) is 40.7 Å². The molecular weight excluding hydrogens is 268 g/mol. The number of nitrogens with zero attached hydrogens (tertiary/aromatic N) is 2. The lowest BCUT2D eigenvalue weighted by molar-refractivity contribution is 0.170. The van der Waals surface area contributed by atoms with Crippen LogP contribution in [0.25, 0.3) is 5.69 Å². The van der Waals surface area contributed by atoms with E-state index in [4.69, 9.17) is 0 Å². The number of fused-ring (bicyclic) bond motifs is 1. The van der Waals surface area contributed by atoms with Crippen molar-refractivity contribution < 1.29 is 0 Å². The molecule has 0 amide bonds. The second-order valence-corrected chi connectivity index (χ2v) is 8.14. The van der Waals surface area contributed by atoms with Crippen LogP contribution in [0.15, 0.2) is 36.9 Å². The Balaban J connectivity index is 2.05. The summed E-state index contributed by atoms with van der Waals surface area (Å²) in [6.45, 7) is 12.0. The van der Waals surface area contributed by atoms with Crippen molar-refractivity contribution in [3.63, 3.8) is 0 Å².